The minimum atomic E-state index is 0.764. The second-order valence-corrected chi connectivity index (χ2v) is 7.45. The monoisotopic (exact) mass is 322 g/mol. The number of nitrogens with zero attached hydrogens (tertiary/aromatic N) is 2. The van der Waals surface area contributed by atoms with Gasteiger partial charge in [0, 0.05) is 31.4 Å². The van der Waals surface area contributed by atoms with Crippen molar-refractivity contribution >= 4 is 17.3 Å². The lowest BCUT2D eigenvalue weighted by Crippen LogP contribution is -2.38. The van der Waals surface area contributed by atoms with Crippen LogP contribution in [0.5, 0.6) is 0 Å². The molecule has 1 fully saturated rings. The summed E-state index contributed by atoms with van der Waals surface area (Å²) in [7, 11) is 0. The van der Waals surface area contributed by atoms with E-state index in [-0.39, 0.29) is 0 Å². The fourth-order valence-corrected chi connectivity index (χ4v) is 3.77. The van der Waals surface area contributed by atoms with E-state index in [2.05, 4.69) is 41.8 Å². The molecule has 4 nitrogen and oxygen atoms in total. The van der Waals surface area contributed by atoms with Crippen molar-refractivity contribution in [3.05, 3.63) is 16.1 Å². The highest BCUT2D eigenvalue weighted by molar-refractivity contribution is 7.09. The molecule has 0 saturated heterocycles. The smallest absolute Gasteiger partial charge is 0.191 e. The Balaban J connectivity index is 1.76. The zero-order valence-corrected chi connectivity index (χ0v) is 15.0. The third-order valence-corrected chi connectivity index (χ3v) is 5.06. The fraction of sp³-hybridized carbons (Fsp3) is 0.765. The van der Waals surface area contributed by atoms with E-state index in [1.165, 1.54) is 31.4 Å². The summed E-state index contributed by atoms with van der Waals surface area (Å²) in [5.74, 6) is 2.59. The molecule has 5 heteroatoms. The van der Waals surface area contributed by atoms with Crippen molar-refractivity contribution in [3.8, 4) is 0 Å². The van der Waals surface area contributed by atoms with Crippen LogP contribution < -0.4 is 10.6 Å². The molecule has 2 N–H and O–H groups in total. The van der Waals surface area contributed by atoms with Crippen molar-refractivity contribution in [2.24, 2.45) is 16.8 Å². The first-order chi connectivity index (χ1) is 10.7. The van der Waals surface area contributed by atoms with Crippen molar-refractivity contribution in [2.45, 2.75) is 52.9 Å². The second kappa shape index (κ2) is 9.13. The number of thiazole rings is 1. The Hall–Kier alpha value is -1.10. The Labute approximate surface area is 138 Å². The molecule has 2 rings (SSSR count). The number of nitrogens with one attached hydrogen (secondary N) is 2. The van der Waals surface area contributed by atoms with Gasteiger partial charge in [-0.05, 0) is 38.5 Å². The van der Waals surface area contributed by atoms with E-state index in [0.717, 1.165) is 48.9 Å². The first-order valence-corrected chi connectivity index (χ1v) is 9.48. The van der Waals surface area contributed by atoms with Crippen LogP contribution in [-0.4, -0.2) is 30.6 Å². The summed E-state index contributed by atoms with van der Waals surface area (Å²) in [5.41, 5.74) is 1.17. The average molecular weight is 323 g/mol. The number of guanidine groups is 1. The molecule has 0 spiro atoms. The van der Waals surface area contributed by atoms with Gasteiger partial charge in [-0.2, -0.15) is 0 Å². The molecule has 1 aromatic heterocycles. The van der Waals surface area contributed by atoms with Gasteiger partial charge in [0.2, 0.25) is 0 Å². The lowest BCUT2D eigenvalue weighted by molar-refractivity contribution is 0.289. The molecule has 0 radical (unpaired) electrons. The minimum Gasteiger partial charge on any atom is -0.357 e. The molecule has 22 heavy (non-hydrogen) atoms. The molecule has 1 saturated carbocycles. The van der Waals surface area contributed by atoms with Gasteiger partial charge in [0.1, 0.15) is 0 Å². The summed E-state index contributed by atoms with van der Waals surface area (Å²) < 4.78 is 0. The van der Waals surface area contributed by atoms with E-state index in [1.54, 1.807) is 11.3 Å². The predicted molar refractivity (Wildman–Crippen MR) is 95.7 cm³/mol. The summed E-state index contributed by atoms with van der Waals surface area (Å²) in [4.78, 5) is 9.28. The van der Waals surface area contributed by atoms with E-state index in [9.17, 15) is 0 Å². The summed E-state index contributed by atoms with van der Waals surface area (Å²) >= 11 is 1.72. The maximum atomic E-state index is 4.78. The normalized spacial score (nSPS) is 22.6. The molecule has 2 unspecified atom stereocenters. The highest BCUT2D eigenvalue weighted by Crippen LogP contribution is 2.28. The molecular weight excluding hydrogens is 292 g/mol. The highest BCUT2D eigenvalue weighted by Gasteiger charge is 2.18. The largest absolute Gasteiger partial charge is 0.357 e. The highest BCUT2D eigenvalue weighted by atomic mass is 32.1. The van der Waals surface area contributed by atoms with Crippen LogP contribution >= 0.6 is 11.3 Å². The number of aliphatic imine (C=N–C) groups is 1. The average Bonchev–Trinajstić information content (AvgIpc) is 2.90. The number of rotatable bonds is 6. The quantitative estimate of drug-likeness (QED) is 0.623. The summed E-state index contributed by atoms with van der Waals surface area (Å²) in [6, 6.07) is 0. The zero-order valence-electron chi connectivity index (χ0n) is 14.2. The van der Waals surface area contributed by atoms with E-state index in [1.807, 2.05) is 0 Å². The lowest BCUT2D eigenvalue weighted by Gasteiger charge is -2.25. The van der Waals surface area contributed by atoms with E-state index in [0.29, 0.717) is 0 Å². The first kappa shape index (κ1) is 17.3. The number of hydrogen-bond acceptors (Lipinski definition) is 3. The van der Waals surface area contributed by atoms with Gasteiger partial charge in [0.05, 0.1) is 10.7 Å². The van der Waals surface area contributed by atoms with Gasteiger partial charge in [-0.25, -0.2) is 4.98 Å². The molecule has 2 atom stereocenters. The molecule has 1 aliphatic carbocycles. The fourth-order valence-electron chi connectivity index (χ4n) is 3.12. The van der Waals surface area contributed by atoms with Crippen LogP contribution in [0, 0.1) is 18.8 Å². The van der Waals surface area contributed by atoms with Gasteiger partial charge in [0.25, 0.3) is 0 Å². The number of hydrogen-bond donors (Lipinski definition) is 2. The molecule has 1 heterocycles. The van der Waals surface area contributed by atoms with Crippen LogP contribution in [0.3, 0.4) is 0 Å². The Bertz CT molecular complexity index is 469. The van der Waals surface area contributed by atoms with E-state index < -0.39 is 0 Å². The van der Waals surface area contributed by atoms with Gasteiger partial charge >= 0.3 is 0 Å². The van der Waals surface area contributed by atoms with Crippen LogP contribution in [0.4, 0.5) is 0 Å². The Kier molecular flexibility index (Phi) is 7.16. The lowest BCUT2D eigenvalue weighted by atomic mass is 9.82. The Morgan fingerprint density at radius 3 is 2.95 bits per heavy atom. The van der Waals surface area contributed by atoms with Gasteiger partial charge in [-0.15, -0.1) is 11.3 Å². The van der Waals surface area contributed by atoms with Crippen molar-refractivity contribution in [3.63, 3.8) is 0 Å². The van der Waals surface area contributed by atoms with E-state index in [4.69, 9.17) is 4.99 Å². The maximum absolute atomic E-state index is 4.78. The molecule has 1 aromatic rings. The molecule has 0 bridgehead atoms. The van der Waals surface area contributed by atoms with Gasteiger partial charge in [-0.3, -0.25) is 4.99 Å². The third kappa shape index (κ3) is 5.95. The van der Waals surface area contributed by atoms with Gasteiger partial charge < -0.3 is 10.6 Å². The van der Waals surface area contributed by atoms with Crippen molar-refractivity contribution in [1.29, 1.82) is 0 Å². The maximum Gasteiger partial charge on any atom is 0.191 e. The van der Waals surface area contributed by atoms with E-state index >= 15 is 0 Å². The van der Waals surface area contributed by atoms with Crippen LogP contribution in [0.2, 0.25) is 0 Å². The third-order valence-electron chi connectivity index (χ3n) is 4.24. The molecule has 1 aliphatic rings. The summed E-state index contributed by atoms with van der Waals surface area (Å²) in [6.07, 6.45) is 6.39. The second-order valence-electron chi connectivity index (χ2n) is 6.39. The van der Waals surface area contributed by atoms with Crippen molar-refractivity contribution in [2.75, 3.05) is 19.6 Å². The zero-order chi connectivity index (χ0) is 15.8. The van der Waals surface area contributed by atoms with Gasteiger partial charge in [-0.1, -0.05) is 19.8 Å². The van der Waals surface area contributed by atoms with Crippen molar-refractivity contribution < 1.29 is 0 Å². The van der Waals surface area contributed by atoms with Crippen LogP contribution in [0.25, 0.3) is 0 Å². The van der Waals surface area contributed by atoms with Crippen LogP contribution in [0.1, 0.15) is 50.2 Å². The molecule has 0 amide bonds. The Morgan fingerprint density at radius 1 is 1.41 bits per heavy atom. The number of aryl methyl sites for hydroxylation is 1. The molecule has 0 aromatic carbocycles. The Morgan fingerprint density at radius 2 is 2.27 bits per heavy atom. The molecule has 0 aliphatic heterocycles. The van der Waals surface area contributed by atoms with Crippen LogP contribution in [0.15, 0.2) is 10.4 Å². The van der Waals surface area contributed by atoms with Crippen molar-refractivity contribution in [1.82, 2.24) is 15.6 Å². The predicted octanol–water partition coefficient (Wildman–Crippen LogP) is 3.38. The molecular formula is C17H30N4S. The molecule has 124 valence electrons. The summed E-state index contributed by atoms with van der Waals surface area (Å²) in [5, 5.41) is 10.1. The minimum absolute atomic E-state index is 0.764. The SMILES string of the molecule is CCNC(=NCC1CCCC(C)C1)NCCc1csc(C)n1. The first-order valence-electron chi connectivity index (χ1n) is 8.60. The number of aromatic nitrogens is 1. The van der Waals surface area contributed by atoms with Crippen LogP contribution in [-0.2, 0) is 6.42 Å². The topological polar surface area (TPSA) is 49.3 Å². The van der Waals surface area contributed by atoms with Gasteiger partial charge in [0.15, 0.2) is 5.96 Å². The summed E-state index contributed by atoms with van der Waals surface area (Å²) in [6.45, 7) is 9.28. The standard InChI is InChI=1S/C17H30N4S/c1-4-18-17(19-9-8-16-12-22-14(3)21-16)20-11-15-7-5-6-13(2)10-15/h12-13,15H,4-11H2,1-3H3,(H2,18,19,20).